The Morgan fingerprint density at radius 3 is 3.00 bits per heavy atom. The van der Waals surface area contributed by atoms with E-state index in [0.29, 0.717) is 6.54 Å². The zero-order chi connectivity index (χ0) is 8.27. The predicted octanol–water partition coefficient (Wildman–Crippen LogP) is 2.76. The molecule has 0 aromatic carbocycles. The van der Waals surface area contributed by atoms with E-state index in [0.717, 1.165) is 9.90 Å². The van der Waals surface area contributed by atoms with E-state index in [9.17, 15) is 0 Å². The average molecular weight is 188 g/mol. The van der Waals surface area contributed by atoms with Gasteiger partial charge in [0, 0.05) is 16.8 Å². The molecule has 0 spiro atoms. The molecule has 60 valence electrons. The van der Waals surface area contributed by atoms with E-state index in [-0.39, 0.29) is 0 Å². The first kappa shape index (κ1) is 8.78. The van der Waals surface area contributed by atoms with Gasteiger partial charge in [0.2, 0.25) is 0 Å². The van der Waals surface area contributed by atoms with Crippen LogP contribution in [0.3, 0.4) is 0 Å². The number of halogens is 1. The van der Waals surface area contributed by atoms with Gasteiger partial charge in [-0.05, 0) is 19.1 Å². The predicted molar refractivity (Wildman–Crippen MR) is 52.0 cm³/mol. The van der Waals surface area contributed by atoms with Gasteiger partial charge in [-0.1, -0.05) is 17.2 Å². The van der Waals surface area contributed by atoms with E-state index in [1.54, 1.807) is 11.3 Å². The zero-order valence-electron chi connectivity index (χ0n) is 6.30. The monoisotopic (exact) mass is 187 g/mol. The molecule has 11 heavy (non-hydrogen) atoms. The molecule has 0 fully saturated rings. The molecule has 0 saturated heterocycles. The number of rotatable bonds is 2. The fraction of sp³-hybridized carbons (Fsp3) is 0.250. The summed E-state index contributed by atoms with van der Waals surface area (Å²) in [6.45, 7) is 2.61. The summed E-state index contributed by atoms with van der Waals surface area (Å²) in [5, 5.41) is 2.71. The van der Waals surface area contributed by atoms with E-state index in [2.05, 4.69) is 6.08 Å². The van der Waals surface area contributed by atoms with Gasteiger partial charge in [0.25, 0.3) is 0 Å². The molecule has 0 aliphatic rings. The number of hydrogen-bond acceptors (Lipinski definition) is 2. The Balaban J connectivity index is 2.78. The molecule has 0 saturated carbocycles. The molecule has 3 heteroatoms. The SMILES string of the molecule is CC(=Cc1cc(Cl)cs1)CN. The maximum atomic E-state index is 5.74. The third-order valence-corrected chi connectivity index (χ3v) is 2.53. The molecule has 1 nitrogen and oxygen atoms in total. The summed E-state index contributed by atoms with van der Waals surface area (Å²) < 4.78 is 0. The highest BCUT2D eigenvalue weighted by Gasteiger charge is 1.93. The summed E-state index contributed by atoms with van der Waals surface area (Å²) in [7, 11) is 0. The van der Waals surface area contributed by atoms with E-state index in [1.165, 1.54) is 5.57 Å². The average Bonchev–Trinajstić information content (AvgIpc) is 2.35. The van der Waals surface area contributed by atoms with Crippen molar-refractivity contribution in [2.75, 3.05) is 6.54 Å². The molecule has 1 heterocycles. The Hall–Kier alpha value is -0.310. The molecule has 1 aromatic rings. The summed E-state index contributed by atoms with van der Waals surface area (Å²) >= 11 is 7.37. The van der Waals surface area contributed by atoms with Crippen molar-refractivity contribution in [3.8, 4) is 0 Å². The zero-order valence-corrected chi connectivity index (χ0v) is 7.88. The molecule has 0 amide bonds. The standard InChI is InChI=1S/C8H10ClNS/c1-6(4-10)2-8-3-7(9)5-11-8/h2-3,5H,4,10H2,1H3. The quantitative estimate of drug-likeness (QED) is 0.757. The van der Waals surface area contributed by atoms with E-state index in [1.807, 2.05) is 18.4 Å². The number of nitrogens with two attached hydrogens (primary N) is 1. The van der Waals surface area contributed by atoms with Gasteiger partial charge in [0.1, 0.15) is 0 Å². The lowest BCUT2D eigenvalue weighted by atomic mass is 10.2. The molecular formula is C8H10ClNS. The van der Waals surface area contributed by atoms with Gasteiger partial charge >= 0.3 is 0 Å². The van der Waals surface area contributed by atoms with Gasteiger partial charge in [0.15, 0.2) is 0 Å². The van der Waals surface area contributed by atoms with Crippen LogP contribution in [-0.2, 0) is 0 Å². The van der Waals surface area contributed by atoms with Gasteiger partial charge < -0.3 is 5.73 Å². The van der Waals surface area contributed by atoms with Gasteiger partial charge in [-0.3, -0.25) is 0 Å². The molecule has 0 atom stereocenters. The third-order valence-electron chi connectivity index (χ3n) is 1.30. The highest BCUT2D eigenvalue weighted by molar-refractivity contribution is 7.11. The molecule has 0 radical (unpaired) electrons. The Morgan fingerprint density at radius 2 is 2.55 bits per heavy atom. The second-order valence-corrected chi connectivity index (χ2v) is 3.74. The maximum absolute atomic E-state index is 5.74. The molecular weight excluding hydrogens is 178 g/mol. The fourth-order valence-corrected chi connectivity index (χ4v) is 1.80. The van der Waals surface area contributed by atoms with Crippen molar-refractivity contribution in [2.45, 2.75) is 6.92 Å². The first-order valence-electron chi connectivity index (χ1n) is 3.33. The summed E-state index contributed by atoms with van der Waals surface area (Å²) in [6.07, 6.45) is 2.05. The van der Waals surface area contributed by atoms with Gasteiger partial charge in [0.05, 0.1) is 5.02 Å². The fourth-order valence-electron chi connectivity index (χ4n) is 0.706. The topological polar surface area (TPSA) is 26.0 Å². The van der Waals surface area contributed by atoms with Crippen LogP contribution in [0, 0.1) is 0 Å². The van der Waals surface area contributed by atoms with Crippen LogP contribution >= 0.6 is 22.9 Å². The highest BCUT2D eigenvalue weighted by Crippen LogP contribution is 2.21. The minimum atomic E-state index is 0.607. The van der Waals surface area contributed by atoms with Crippen molar-refractivity contribution < 1.29 is 0 Å². The molecule has 1 rings (SSSR count). The van der Waals surface area contributed by atoms with Crippen molar-refractivity contribution >= 4 is 29.0 Å². The lowest BCUT2D eigenvalue weighted by Crippen LogP contribution is -1.98. The van der Waals surface area contributed by atoms with Crippen LogP contribution in [0.2, 0.25) is 5.02 Å². The van der Waals surface area contributed by atoms with Crippen molar-refractivity contribution in [3.63, 3.8) is 0 Å². The van der Waals surface area contributed by atoms with Crippen LogP contribution < -0.4 is 5.73 Å². The first-order valence-corrected chi connectivity index (χ1v) is 4.59. The van der Waals surface area contributed by atoms with E-state index < -0.39 is 0 Å². The van der Waals surface area contributed by atoms with Gasteiger partial charge in [-0.15, -0.1) is 11.3 Å². The lowest BCUT2D eigenvalue weighted by Gasteiger charge is -1.91. The third kappa shape index (κ3) is 2.66. The van der Waals surface area contributed by atoms with Crippen molar-refractivity contribution in [1.82, 2.24) is 0 Å². The Kier molecular flexibility index (Phi) is 3.12. The molecule has 1 aromatic heterocycles. The van der Waals surface area contributed by atoms with Crippen LogP contribution in [0.15, 0.2) is 17.0 Å². The van der Waals surface area contributed by atoms with Crippen LogP contribution in [0.1, 0.15) is 11.8 Å². The highest BCUT2D eigenvalue weighted by atomic mass is 35.5. The Labute approximate surface area is 75.5 Å². The van der Waals surface area contributed by atoms with E-state index >= 15 is 0 Å². The minimum absolute atomic E-state index is 0.607. The van der Waals surface area contributed by atoms with Crippen LogP contribution in [0.25, 0.3) is 6.08 Å². The molecule has 0 aliphatic heterocycles. The van der Waals surface area contributed by atoms with Crippen molar-refractivity contribution in [3.05, 3.63) is 26.9 Å². The van der Waals surface area contributed by atoms with E-state index in [4.69, 9.17) is 17.3 Å². The molecule has 0 bridgehead atoms. The summed E-state index contributed by atoms with van der Waals surface area (Å²) in [5.74, 6) is 0. The minimum Gasteiger partial charge on any atom is -0.327 e. The summed E-state index contributed by atoms with van der Waals surface area (Å²) in [4.78, 5) is 1.16. The normalized spacial score (nSPS) is 12.1. The maximum Gasteiger partial charge on any atom is 0.0519 e. The molecule has 2 N–H and O–H groups in total. The number of thiophene rings is 1. The first-order chi connectivity index (χ1) is 5.22. The second-order valence-electron chi connectivity index (χ2n) is 2.36. The van der Waals surface area contributed by atoms with Crippen molar-refractivity contribution in [2.24, 2.45) is 5.73 Å². The van der Waals surface area contributed by atoms with Crippen LogP contribution in [0.5, 0.6) is 0 Å². The smallest absolute Gasteiger partial charge is 0.0519 e. The van der Waals surface area contributed by atoms with Gasteiger partial charge in [-0.2, -0.15) is 0 Å². The Bertz CT molecular complexity index is 265. The molecule has 0 aliphatic carbocycles. The summed E-state index contributed by atoms with van der Waals surface area (Å²) in [6, 6.07) is 1.94. The van der Waals surface area contributed by atoms with Crippen molar-refractivity contribution in [1.29, 1.82) is 0 Å². The summed E-state index contributed by atoms with van der Waals surface area (Å²) in [5.41, 5.74) is 6.60. The van der Waals surface area contributed by atoms with Crippen LogP contribution in [-0.4, -0.2) is 6.54 Å². The lowest BCUT2D eigenvalue weighted by molar-refractivity contribution is 1.15. The molecule has 0 unspecified atom stereocenters. The Morgan fingerprint density at radius 1 is 1.82 bits per heavy atom. The largest absolute Gasteiger partial charge is 0.327 e. The van der Waals surface area contributed by atoms with Gasteiger partial charge in [-0.25, -0.2) is 0 Å². The van der Waals surface area contributed by atoms with Crippen LogP contribution in [0.4, 0.5) is 0 Å². The number of hydrogen-bond donors (Lipinski definition) is 1. The second kappa shape index (κ2) is 3.90.